The molecule has 0 bridgehead atoms. The first-order valence-corrected chi connectivity index (χ1v) is 10.3. The second-order valence-electron chi connectivity index (χ2n) is 7.47. The fourth-order valence-electron chi connectivity index (χ4n) is 3.95. The van der Waals surface area contributed by atoms with E-state index < -0.39 is 0 Å². The van der Waals surface area contributed by atoms with Gasteiger partial charge in [-0.15, -0.1) is 24.0 Å². The second kappa shape index (κ2) is 10.8. The van der Waals surface area contributed by atoms with Gasteiger partial charge in [0.2, 0.25) is 5.91 Å². The number of aryl methyl sites for hydroxylation is 1. The van der Waals surface area contributed by atoms with E-state index in [4.69, 9.17) is 4.74 Å². The molecule has 1 N–H and O–H groups in total. The van der Waals surface area contributed by atoms with Crippen LogP contribution in [0.25, 0.3) is 0 Å². The number of piperazine rings is 1. The van der Waals surface area contributed by atoms with Gasteiger partial charge in [0.25, 0.3) is 0 Å². The van der Waals surface area contributed by atoms with Gasteiger partial charge >= 0.3 is 0 Å². The van der Waals surface area contributed by atoms with Crippen LogP contribution in [0.1, 0.15) is 5.56 Å². The minimum Gasteiger partial charge on any atom is -0.378 e. The van der Waals surface area contributed by atoms with Crippen LogP contribution >= 0.6 is 24.0 Å². The number of halogens is 1. The number of nitrogens with zero attached hydrogens (tertiary/aromatic N) is 6. The van der Waals surface area contributed by atoms with E-state index >= 15 is 0 Å². The summed E-state index contributed by atoms with van der Waals surface area (Å²) >= 11 is 0. The molecule has 0 radical (unpaired) electrons. The number of para-hydroxylation sites is 1. The normalized spacial score (nSPS) is 17.5. The van der Waals surface area contributed by atoms with Crippen molar-refractivity contribution in [3.05, 3.63) is 42.2 Å². The van der Waals surface area contributed by atoms with E-state index in [0.29, 0.717) is 26.2 Å². The van der Waals surface area contributed by atoms with Crippen molar-refractivity contribution in [3.8, 4) is 0 Å². The Morgan fingerprint density at radius 1 is 1.19 bits per heavy atom. The lowest BCUT2D eigenvalue weighted by Gasteiger charge is -2.35. The number of aromatic nitrogens is 2. The highest BCUT2D eigenvalue weighted by Gasteiger charge is 2.27. The maximum absolute atomic E-state index is 12.7. The predicted molar refractivity (Wildman–Crippen MR) is 132 cm³/mol. The summed E-state index contributed by atoms with van der Waals surface area (Å²) in [7, 11) is 3.61. The number of ether oxygens (including phenoxy) is 1. The van der Waals surface area contributed by atoms with Gasteiger partial charge < -0.3 is 24.8 Å². The van der Waals surface area contributed by atoms with E-state index in [-0.39, 0.29) is 29.9 Å². The van der Waals surface area contributed by atoms with Gasteiger partial charge in [0, 0.05) is 58.7 Å². The second-order valence-corrected chi connectivity index (χ2v) is 7.47. The third-order valence-electron chi connectivity index (χ3n) is 5.52. The summed E-state index contributed by atoms with van der Waals surface area (Å²) in [5.41, 5.74) is 3.27. The molecule has 31 heavy (non-hydrogen) atoms. The van der Waals surface area contributed by atoms with Crippen LogP contribution in [0.15, 0.2) is 41.7 Å². The fourth-order valence-corrected chi connectivity index (χ4v) is 3.95. The maximum Gasteiger partial charge on any atom is 0.246 e. The first kappa shape index (κ1) is 23.3. The van der Waals surface area contributed by atoms with Crippen molar-refractivity contribution in [1.82, 2.24) is 20.0 Å². The van der Waals surface area contributed by atoms with Gasteiger partial charge in [-0.1, -0.05) is 18.2 Å². The Bertz CT molecular complexity index is 911. The number of hydrogen-bond donors (Lipinski definition) is 1. The van der Waals surface area contributed by atoms with E-state index in [1.54, 1.807) is 22.8 Å². The SMILES string of the molecule is CN=C(NCc1ccccc1N1CCOCC1)N1CCN(c2cnn(C)c2)C(=O)C1.I. The van der Waals surface area contributed by atoms with Crippen LogP contribution in [0.2, 0.25) is 0 Å². The Morgan fingerprint density at radius 3 is 2.65 bits per heavy atom. The largest absolute Gasteiger partial charge is 0.378 e. The monoisotopic (exact) mass is 539 g/mol. The number of hydrogen-bond acceptors (Lipinski definition) is 5. The van der Waals surface area contributed by atoms with Crippen molar-refractivity contribution >= 4 is 47.2 Å². The number of guanidine groups is 1. The molecule has 1 aromatic carbocycles. The zero-order valence-electron chi connectivity index (χ0n) is 18.0. The zero-order chi connectivity index (χ0) is 20.9. The molecule has 9 nitrogen and oxygen atoms in total. The van der Waals surface area contributed by atoms with Crippen LogP contribution in [0.3, 0.4) is 0 Å². The Kier molecular flexibility index (Phi) is 8.13. The molecule has 4 rings (SSSR count). The Balaban J connectivity index is 0.00000272. The lowest BCUT2D eigenvalue weighted by atomic mass is 10.1. The van der Waals surface area contributed by atoms with E-state index in [1.165, 1.54) is 11.3 Å². The van der Waals surface area contributed by atoms with Crippen molar-refractivity contribution in [2.75, 3.05) is 62.8 Å². The molecular formula is C21H30IN7O2. The van der Waals surface area contributed by atoms with E-state index in [2.05, 4.69) is 44.6 Å². The highest BCUT2D eigenvalue weighted by molar-refractivity contribution is 14.0. The molecule has 2 fully saturated rings. The van der Waals surface area contributed by atoms with Gasteiger partial charge in [-0.25, -0.2) is 0 Å². The van der Waals surface area contributed by atoms with Crippen molar-refractivity contribution in [2.45, 2.75) is 6.54 Å². The third kappa shape index (κ3) is 5.48. The Labute approximate surface area is 200 Å². The van der Waals surface area contributed by atoms with Crippen LogP contribution < -0.4 is 15.1 Å². The van der Waals surface area contributed by atoms with Crippen molar-refractivity contribution in [1.29, 1.82) is 0 Å². The molecule has 1 aromatic heterocycles. The van der Waals surface area contributed by atoms with Crippen LogP contribution in [0.5, 0.6) is 0 Å². The first-order valence-electron chi connectivity index (χ1n) is 10.3. The fraction of sp³-hybridized carbons (Fsp3) is 0.476. The number of anilines is 2. The molecule has 0 atom stereocenters. The molecule has 2 aromatic rings. The molecule has 0 unspecified atom stereocenters. The average Bonchev–Trinajstić information content (AvgIpc) is 3.21. The topological polar surface area (TPSA) is 78.2 Å². The van der Waals surface area contributed by atoms with Crippen molar-refractivity contribution < 1.29 is 9.53 Å². The number of carbonyl (C=O) groups is 1. The highest BCUT2D eigenvalue weighted by atomic mass is 127. The van der Waals surface area contributed by atoms with Gasteiger partial charge in [0.15, 0.2) is 5.96 Å². The molecule has 0 saturated carbocycles. The van der Waals surface area contributed by atoms with Gasteiger partial charge in [-0.2, -0.15) is 5.10 Å². The molecular weight excluding hydrogens is 509 g/mol. The number of aliphatic imine (C=N–C) groups is 1. The summed E-state index contributed by atoms with van der Waals surface area (Å²) in [6, 6.07) is 8.41. The summed E-state index contributed by atoms with van der Waals surface area (Å²) in [5.74, 6) is 0.789. The summed E-state index contributed by atoms with van der Waals surface area (Å²) < 4.78 is 7.19. The molecule has 1 amide bonds. The molecule has 2 aliphatic heterocycles. The van der Waals surface area contributed by atoms with E-state index in [1.807, 2.05) is 18.1 Å². The predicted octanol–water partition coefficient (Wildman–Crippen LogP) is 1.30. The van der Waals surface area contributed by atoms with Gasteiger partial charge in [-0.05, 0) is 11.6 Å². The molecule has 2 aliphatic rings. The number of carbonyl (C=O) groups excluding carboxylic acids is 1. The Morgan fingerprint density at radius 2 is 1.97 bits per heavy atom. The zero-order valence-corrected chi connectivity index (χ0v) is 20.4. The molecule has 2 saturated heterocycles. The summed E-state index contributed by atoms with van der Waals surface area (Å²) in [4.78, 5) is 23.3. The quantitative estimate of drug-likeness (QED) is 0.359. The van der Waals surface area contributed by atoms with Gasteiger partial charge in [0.05, 0.1) is 25.1 Å². The van der Waals surface area contributed by atoms with Crippen molar-refractivity contribution in [2.24, 2.45) is 12.0 Å². The van der Waals surface area contributed by atoms with Crippen LogP contribution in [-0.2, 0) is 23.1 Å². The standard InChI is InChI=1S/C21H29N7O2.HI/c1-22-21(27-7-8-28(20(29)16-27)18-14-24-25(2)15-18)23-13-17-5-3-4-6-19(17)26-9-11-30-12-10-26;/h3-6,14-15H,7-13,16H2,1-2H3,(H,22,23);1H. The van der Waals surface area contributed by atoms with Crippen LogP contribution in [-0.4, -0.2) is 79.5 Å². The summed E-state index contributed by atoms with van der Waals surface area (Å²) in [5, 5.41) is 7.61. The van der Waals surface area contributed by atoms with E-state index in [0.717, 1.165) is 38.0 Å². The first-order chi connectivity index (χ1) is 14.7. The summed E-state index contributed by atoms with van der Waals surface area (Å²) in [6.07, 6.45) is 3.59. The number of morpholine rings is 1. The number of amides is 1. The molecule has 3 heterocycles. The van der Waals surface area contributed by atoms with Crippen LogP contribution in [0.4, 0.5) is 11.4 Å². The van der Waals surface area contributed by atoms with E-state index in [9.17, 15) is 4.79 Å². The number of benzene rings is 1. The lowest BCUT2D eigenvalue weighted by Crippen LogP contribution is -2.55. The Hall–Kier alpha value is -2.34. The van der Waals surface area contributed by atoms with Gasteiger partial charge in [-0.3, -0.25) is 14.5 Å². The molecule has 0 aliphatic carbocycles. The van der Waals surface area contributed by atoms with Crippen LogP contribution in [0, 0.1) is 0 Å². The van der Waals surface area contributed by atoms with Gasteiger partial charge in [0.1, 0.15) is 6.54 Å². The summed E-state index contributed by atoms with van der Waals surface area (Å²) in [6.45, 7) is 5.57. The average molecular weight is 539 g/mol. The molecule has 0 spiro atoms. The minimum absolute atomic E-state index is 0. The maximum atomic E-state index is 12.7. The third-order valence-corrected chi connectivity index (χ3v) is 5.52. The number of nitrogens with one attached hydrogen (secondary N) is 1. The number of rotatable bonds is 4. The highest BCUT2D eigenvalue weighted by Crippen LogP contribution is 2.21. The molecule has 168 valence electrons. The smallest absolute Gasteiger partial charge is 0.246 e. The minimum atomic E-state index is 0. The lowest BCUT2D eigenvalue weighted by molar-refractivity contribution is -0.120. The molecule has 10 heteroatoms. The van der Waals surface area contributed by atoms with Crippen molar-refractivity contribution in [3.63, 3.8) is 0 Å².